The van der Waals surface area contributed by atoms with Gasteiger partial charge in [-0.25, -0.2) is 0 Å². The van der Waals surface area contributed by atoms with Crippen molar-refractivity contribution in [2.75, 3.05) is 0 Å². The van der Waals surface area contributed by atoms with Gasteiger partial charge in [0.25, 0.3) is 0 Å². The van der Waals surface area contributed by atoms with Crippen molar-refractivity contribution in [3.05, 3.63) is 0 Å². The number of carboxylic acid groups (broad SMARTS) is 1. The number of carbonyl (C=O) groups is 1. The first kappa shape index (κ1) is 35.3. The van der Waals surface area contributed by atoms with E-state index in [4.69, 9.17) is 22.6 Å². The van der Waals surface area contributed by atoms with Crippen molar-refractivity contribution in [2.24, 2.45) is 0 Å². The Hall–Kier alpha value is 0.872. The molecule has 0 atom stereocenters. The van der Waals surface area contributed by atoms with Gasteiger partial charge < -0.3 is 5.11 Å². The van der Waals surface area contributed by atoms with Crippen molar-refractivity contribution in [2.45, 2.75) is 110 Å². The van der Waals surface area contributed by atoms with Crippen LogP contribution in [-0.2, 0) is 15.2 Å². The third kappa shape index (κ3) is 52.0. The zero-order chi connectivity index (χ0) is 19.4. The molecule has 0 saturated carbocycles. The van der Waals surface area contributed by atoms with Crippen LogP contribution in [0.25, 0.3) is 0 Å². The van der Waals surface area contributed by atoms with Gasteiger partial charge in [0, 0.05) is 6.42 Å². The summed E-state index contributed by atoms with van der Waals surface area (Å²) in [5.74, 6) is -0.653. The van der Waals surface area contributed by atoms with Crippen LogP contribution in [0.1, 0.15) is 110 Å². The van der Waals surface area contributed by atoms with Gasteiger partial charge in [-0.05, 0) is 6.42 Å². The van der Waals surface area contributed by atoms with Crippen molar-refractivity contribution in [1.29, 1.82) is 0 Å². The van der Waals surface area contributed by atoms with Gasteiger partial charge in [-0.2, -0.15) is 8.42 Å². The molecule has 0 amide bonds. The summed E-state index contributed by atoms with van der Waals surface area (Å²) in [6.07, 6.45) is 20.2. The van der Waals surface area contributed by atoms with Gasteiger partial charge >= 0.3 is 45.9 Å². The minimum absolute atomic E-state index is 0. The van der Waals surface area contributed by atoms with Crippen LogP contribution in [-0.4, -0.2) is 75.5 Å². The number of hydrogen-bond donors (Lipinski definition) is 3. The molecule has 9 heteroatoms. The van der Waals surface area contributed by atoms with Crippen molar-refractivity contribution in [1.82, 2.24) is 0 Å². The van der Waals surface area contributed by atoms with Crippen LogP contribution >= 0.6 is 0 Å². The average Bonchev–Trinajstić information content (AvgIpc) is 2.49. The number of rotatable bonds is 16. The Labute approximate surface area is 199 Å². The summed E-state index contributed by atoms with van der Waals surface area (Å²) in [7, 11) is -4.67. The van der Waals surface area contributed by atoms with Gasteiger partial charge in [-0.1, -0.05) is 96.8 Å². The quantitative estimate of drug-likeness (QED) is 0.192. The summed E-state index contributed by atoms with van der Waals surface area (Å²) in [5.41, 5.74) is 0. The zero-order valence-electron chi connectivity index (χ0n) is 15.8. The maximum atomic E-state index is 10.3. The van der Waals surface area contributed by atoms with Gasteiger partial charge in [0.05, 0.1) is 0 Å². The molecule has 0 bridgehead atoms. The van der Waals surface area contributed by atoms with E-state index in [1.165, 1.54) is 83.5 Å². The third-order valence-corrected chi connectivity index (χ3v) is 3.99. The molecular formula is C18H42AlNaO6S. The fraction of sp³-hybridized carbons (Fsp3) is 0.944. The standard InChI is InChI=1S/C18H36O2.Al.Na.H2O4S.4H/c1-2-3-4-5-6-7-8-9-10-11-12-13-14-15-16-17-18(19)20;;;1-5(2,3)4;;;;/h2-17H2,1H3,(H,19,20);;;(H2,1,2,3,4);;;;. The van der Waals surface area contributed by atoms with E-state index in [-0.39, 0.29) is 46.9 Å². The zero-order valence-corrected chi connectivity index (χ0v) is 16.6. The van der Waals surface area contributed by atoms with E-state index in [0.29, 0.717) is 6.42 Å². The fourth-order valence-corrected chi connectivity index (χ4v) is 2.65. The van der Waals surface area contributed by atoms with E-state index in [1.807, 2.05) is 0 Å². The van der Waals surface area contributed by atoms with Gasteiger partial charge in [-0.3, -0.25) is 13.9 Å². The Balaban J connectivity index is -0.000000333. The number of hydrogen-bond acceptors (Lipinski definition) is 3. The number of carboxylic acids is 1. The van der Waals surface area contributed by atoms with Crippen LogP contribution in [0.15, 0.2) is 0 Å². The molecule has 6 nitrogen and oxygen atoms in total. The predicted molar refractivity (Wildman–Crippen MR) is 118 cm³/mol. The molecule has 0 aliphatic heterocycles. The molecule has 0 radical (unpaired) electrons. The summed E-state index contributed by atoms with van der Waals surface area (Å²) in [4.78, 5) is 10.3. The molecule has 3 N–H and O–H groups in total. The molecule has 0 aliphatic rings. The molecule has 0 spiro atoms. The van der Waals surface area contributed by atoms with Crippen LogP contribution < -0.4 is 0 Å². The van der Waals surface area contributed by atoms with E-state index in [9.17, 15) is 4.79 Å². The van der Waals surface area contributed by atoms with Crippen LogP contribution in [0.3, 0.4) is 0 Å². The molecule has 0 saturated heterocycles. The number of aliphatic carboxylic acids is 1. The second-order valence-corrected chi connectivity index (χ2v) is 7.44. The monoisotopic (exact) mass is 436 g/mol. The molecule has 0 unspecified atom stereocenters. The van der Waals surface area contributed by atoms with Gasteiger partial charge in [-0.15, -0.1) is 0 Å². The van der Waals surface area contributed by atoms with E-state index >= 15 is 0 Å². The molecule has 0 aromatic rings. The van der Waals surface area contributed by atoms with Crippen molar-refractivity contribution in [3.8, 4) is 0 Å². The molecule has 0 rings (SSSR count). The van der Waals surface area contributed by atoms with Crippen molar-refractivity contribution >= 4 is 63.3 Å². The van der Waals surface area contributed by atoms with Crippen LogP contribution in [0.4, 0.5) is 0 Å². The Kier molecular flexibility index (Phi) is 35.2. The molecule has 27 heavy (non-hydrogen) atoms. The third-order valence-electron chi connectivity index (χ3n) is 3.99. The van der Waals surface area contributed by atoms with Crippen molar-refractivity contribution in [3.63, 3.8) is 0 Å². The van der Waals surface area contributed by atoms with E-state index < -0.39 is 16.4 Å². The SMILES string of the molecule is CCCCCCCCCCCCCCCCCC(=O)O.O=S(=O)(O)O.[AlH3].[NaH]. The summed E-state index contributed by atoms with van der Waals surface area (Å²) in [5, 5.41) is 8.52. The molecule has 0 aromatic carbocycles. The second kappa shape index (κ2) is 26.9. The molecule has 0 heterocycles. The summed E-state index contributed by atoms with van der Waals surface area (Å²) in [6.45, 7) is 2.27. The summed E-state index contributed by atoms with van der Waals surface area (Å²) < 4.78 is 31.6. The van der Waals surface area contributed by atoms with Gasteiger partial charge in [0.15, 0.2) is 17.4 Å². The summed E-state index contributed by atoms with van der Waals surface area (Å²) >= 11 is 0. The minimum atomic E-state index is -4.67. The van der Waals surface area contributed by atoms with E-state index in [1.54, 1.807) is 0 Å². The predicted octanol–water partition coefficient (Wildman–Crippen LogP) is 3.85. The first-order valence-corrected chi connectivity index (χ1v) is 11.1. The van der Waals surface area contributed by atoms with Crippen LogP contribution in [0.2, 0.25) is 0 Å². The van der Waals surface area contributed by atoms with Crippen LogP contribution in [0, 0.1) is 0 Å². The molecule has 0 aromatic heterocycles. The molecule has 0 fully saturated rings. The Morgan fingerprint density at radius 1 is 0.667 bits per heavy atom. The molecular weight excluding hydrogens is 394 g/mol. The van der Waals surface area contributed by atoms with Gasteiger partial charge in [0.1, 0.15) is 0 Å². The Bertz CT molecular complexity index is 385. The van der Waals surface area contributed by atoms with Crippen molar-refractivity contribution < 1.29 is 27.4 Å². The fourth-order valence-electron chi connectivity index (χ4n) is 2.65. The first-order valence-electron chi connectivity index (χ1n) is 9.69. The molecule has 160 valence electrons. The number of unbranched alkanes of at least 4 members (excludes halogenated alkanes) is 14. The topological polar surface area (TPSA) is 112 Å². The van der Waals surface area contributed by atoms with Gasteiger partial charge in [0.2, 0.25) is 0 Å². The molecule has 0 aliphatic carbocycles. The van der Waals surface area contributed by atoms with Crippen LogP contribution in [0.5, 0.6) is 0 Å². The Morgan fingerprint density at radius 3 is 1.11 bits per heavy atom. The van der Waals surface area contributed by atoms with E-state index in [0.717, 1.165) is 12.8 Å². The Morgan fingerprint density at radius 2 is 0.889 bits per heavy atom. The second-order valence-electron chi connectivity index (χ2n) is 6.54. The first-order chi connectivity index (χ1) is 11.8. The normalized spacial score (nSPS) is 10.2. The summed E-state index contributed by atoms with van der Waals surface area (Å²) in [6, 6.07) is 0. The average molecular weight is 437 g/mol. The van der Waals surface area contributed by atoms with E-state index in [2.05, 4.69) is 6.92 Å². The maximum absolute atomic E-state index is 10.3.